The van der Waals surface area contributed by atoms with E-state index in [0.29, 0.717) is 31.7 Å². The lowest BCUT2D eigenvalue weighted by atomic mass is 9.96. The molecule has 0 spiro atoms. The van der Waals surface area contributed by atoms with Crippen molar-refractivity contribution in [2.45, 2.75) is 46.5 Å². The lowest BCUT2D eigenvalue weighted by molar-refractivity contribution is -0.135. The summed E-state index contributed by atoms with van der Waals surface area (Å²) in [4.78, 5) is 35.1. The number of nitrogens with zero attached hydrogens (tertiary/aromatic N) is 5. The number of fused-ring (bicyclic) bond motifs is 1. The van der Waals surface area contributed by atoms with E-state index in [9.17, 15) is 9.59 Å². The first kappa shape index (κ1) is 18.3. The number of carbonyl (C=O) groups excluding carboxylic acids is 2. The molecule has 0 radical (unpaired) electrons. The fourth-order valence-electron chi connectivity index (χ4n) is 3.64. The van der Waals surface area contributed by atoms with Gasteiger partial charge in [-0.3, -0.25) is 9.59 Å². The Morgan fingerprint density at radius 3 is 2.92 bits per heavy atom. The number of aryl methyl sites for hydroxylation is 2. The normalized spacial score (nSPS) is 17.5. The highest BCUT2D eigenvalue weighted by Crippen LogP contribution is 2.19. The van der Waals surface area contributed by atoms with Crippen LogP contribution in [-0.4, -0.2) is 55.9 Å². The van der Waals surface area contributed by atoms with Crippen LogP contribution < -0.4 is 5.32 Å². The van der Waals surface area contributed by atoms with Crippen molar-refractivity contribution in [3.8, 4) is 0 Å². The molecule has 0 aliphatic carbocycles. The summed E-state index contributed by atoms with van der Waals surface area (Å²) in [6.45, 7) is 7.69. The van der Waals surface area contributed by atoms with Gasteiger partial charge in [0.05, 0.1) is 5.92 Å². The van der Waals surface area contributed by atoms with Crippen molar-refractivity contribution in [2.75, 3.05) is 19.6 Å². The number of amides is 2. The molecule has 3 rings (SSSR count). The molecule has 3 heterocycles. The maximum atomic E-state index is 12.7. The van der Waals surface area contributed by atoms with Gasteiger partial charge in [0.1, 0.15) is 6.33 Å². The monoisotopic (exact) mass is 358 g/mol. The van der Waals surface area contributed by atoms with Gasteiger partial charge in [-0.1, -0.05) is 0 Å². The van der Waals surface area contributed by atoms with E-state index >= 15 is 0 Å². The van der Waals surface area contributed by atoms with Crippen molar-refractivity contribution in [3.05, 3.63) is 23.3 Å². The molecule has 8 heteroatoms. The molecular formula is C18H26N6O2. The Hall–Kier alpha value is -2.51. The van der Waals surface area contributed by atoms with Gasteiger partial charge in [-0.05, 0) is 45.6 Å². The first-order chi connectivity index (χ1) is 12.5. The second-order valence-corrected chi connectivity index (χ2v) is 6.81. The Morgan fingerprint density at radius 2 is 2.15 bits per heavy atom. The lowest BCUT2D eigenvalue weighted by Gasteiger charge is -2.32. The highest BCUT2D eigenvalue weighted by molar-refractivity contribution is 5.81. The van der Waals surface area contributed by atoms with Crippen LogP contribution in [0.5, 0.6) is 0 Å². The molecule has 1 saturated heterocycles. The van der Waals surface area contributed by atoms with Gasteiger partial charge in [0.15, 0.2) is 0 Å². The van der Waals surface area contributed by atoms with E-state index in [-0.39, 0.29) is 17.7 Å². The maximum absolute atomic E-state index is 12.7. The summed E-state index contributed by atoms with van der Waals surface area (Å²) in [7, 11) is 0. The van der Waals surface area contributed by atoms with E-state index in [1.54, 1.807) is 4.52 Å². The molecule has 140 valence electrons. The molecule has 2 aromatic rings. The van der Waals surface area contributed by atoms with E-state index in [1.807, 2.05) is 25.7 Å². The Labute approximate surface area is 153 Å². The van der Waals surface area contributed by atoms with Crippen LogP contribution in [0.25, 0.3) is 5.78 Å². The van der Waals surface area contributed by atoms with Gasteiger partial charge < -0.3 is 10.2 Å². The number of piperidine rings is 1. The summed E-state index contributed by atoms with van der Waals surface area (Å²) in [5.74, 6) is 0.634. The average molecular weight is 358 g/mol. The molecule has 1 aliphatic rings. The van der Waals surface area contributed by atoms with Gasteiger partial charge in [0.25, 0.3) is 5.78 Å². The first-order valence-corrected chi connectivity index (χ1v) is 9.22. The maximum Gasteiger partial charge on any atom is 0.252 e. The lowest BCUT2D eigenvalue weighted by Crippen LogP contribution is -2.45. The molecule has 1 unspecified atom stereocenters. The second-order valence-electron chi connectivity index (χ2n) is 6.81. The molecule has 1 N–H and O–H groups in total. The molecule has 0 aromatic carbocycles. The Balaban J connectivity index is 1.64. The zero-order chi connectivity index (χ0) is 18.7. The summed E-state index contributed by atoms with van der Waals surface area (Å²) in [5, 5.41) is 7.05. The fourth-order valence-corrected chi connectivity index (χ4v) is 3.64. The predicted octanol–water partition coefficient (Wildman–Crippen LogP) is 1.05. The van der Waals surface area contributed by atoms with Crippen molar-refractivity contribution in [2.24, 2.45) is 5.92 Å². The summed E-state index contributed by atoms with van der Waals surface area (Å²) < 4.78 is 1.71. The minimum absolute atomic E-state index is 0.0533. The summed E-state index contributed by atoms with van der Waals surface area (Å²) in [6, 6.07) is 0. The number of rotatable bonds is 5. The molecule has 8 nitrogen and oxygen atoms in total. The SMILES string of the molecule is CCNC(=O)C1CCCN(C(=O)CCc2c(C)nc3ncnn3c2C)C1. The van der Waals surface area contributed by atoms with E-state index in [2.05, 4.69) is 20.4 Å². The van der Waals surface area contributed by atoms with E-state index in [1.165, 1.54) is 6.33 Å². The quantitative estimate of drug-likeness (QED) is 0.862. The van der Waals surface area contributed by atoms with Gasteiger partial charge >= 0.3 is 0 Å². The van der Waals surface area contributed by atoms with Crippen molar-refractivity contribution < 1.29 is 9.59 Å². The summed E-state index contributed by atoms with van der Waals surface area (Å²) >= 11 is 0. The van der Waals surface area contributed by atoms with Crippen molar-refractivity contribution in [1.82, 2.24) is 29.8 Å². The largest absolute Gasteiger partial charge is 0.356 e. The van der Waals surface area contributed by atoms with Gasteiger partial charge in [-0.25, -0.2) is 9.50 Å². The number of carbonyl (C=O) groups is 2. The Morgan fingerprint density at radius 1 is 1.35 bits per heavy atom. The second kappa shape index (κ2) is 7.80. The topological polar surface area (TPSA) is 92.5 Å². The molecule has 0 saturated carbocycles. The third-order valence-electron chi connectivity index (χ3n) is 5.07. The minimum Gasteiger partial charge on any atom is -0.356 e. The van der Waals surface area contributed by atoms with Crippen molar-refractivity contribution in [1.29, 1.82) is 0 Å². The number of likely N-dealkylation sites (tertiary alicyclic amines) is 1. The Kier molecular flexibility index (Phi) is 5.49. The highest BCUT2D eigenvalue weighted by Gasteiger charge is 2.28. The van der Waals surface area contributed by atoms with Crippen LogP contribution in [0.2, 0.25) is 0 Å². The van der Waals surface area contributed by atoms with Crippen LogP contribution in [0, 0.1) is 19.8 Å². The number of aromatic nitrogens is 4. The number of hydrogen-bond donors (Lipinski definition) is 1. The molecular weight excluding hydrogens is 332 g/mol. The van der Waals surface area contributed by atoms with Crippen LogP contribution in [0.4, 0.5) is 0 Å². The molecule has 1 fully saturated rings. The van der Waals surface area contributed by atoms with Crippen molar-refractivity contribution >= 4 is 17.6 Å². The number of nitrogens with one attached hydrogen (secondary N) is 1. The van der Waals surface area contributed by atoms with Crippen LogP contribution in [0.3, 0.4) is 0 Å². The summed E-state index contributed by atoms with van der Waals surface area (Å²) in [5.41, 5.74) is 2.89. The van der Waals surface area contributed by atoms with E-state index < -0.39 is 0 Å². The molecule has 2 aromatic heterocycles. The van der Waals surface area contributed by atoms with Gasteiger partial charge in [-0.15, -0.1) is 0 Å². The van der Waals surface area contributed by atoms with Gasteiger partial charge in [0, 0.05) is 37.4 Å². The molecule has 2 amide bonds. The van der Waals surface area contributed by atoms with E-state index in [0.717, 1.165) is 36.3 Å². The molecule has 0 bridgehead atoms. The van der Waals surface area contributed by atoms with E-state index in [4.69, 9.17) is 0 Å². The van der Waals surface area contributed by atoms with Gasteiger partial charge in [-0.2, -0.15) is 10.1 Å². The first-order valence-electron chi connectivity index (χ1n) is 9.22. The van der Waals surface area contributed by atoms with Crippen LogP contribution in [-0.2, 0) is 16.0 Å². The predicted molar refractivity (Wildman–Crippen MR) is 96.6 cm³/mol. The summed E-state index contributed by atoms with van der Waals surface area (Å²) in [6.07, 6.45) is 4.23. The fraction of sp³-hybridized carbons (Fsp3) is 0.611. The average Bonchev–Trinajstić information content (AvgIpc) is 3.10. The van der Waals surface area contributed by atoms with Crippen LogP contribution >= 0.6 is 0 Å². The smallest absolute Gasteiger partial charge is 0.252 e. The minimum atomic E-state index is -0.0933. The third-order valence-corrected chi connectivity index (χ3v) is 5.07. The van der Waals surface area contributed by atoms with Crippen LogP contribution in [0.15, 0.2) is 6.33 Å². The third kappa shape index (κ3) is 3.68. The standard InChI is InChI=1S/C18H26N6O2/c1-4-19-17(26)14-6-5-9-23(10-14)16(25)8-7-15-12(2)22-18-20-11-21-24(18)13(15)3/h11,14H,4-10H2,1-3H3,(H,19,26). The molecule has 1 aliphatic heterocycles. The molecule has 26 heavy (non-hydrogen) atoms. The van der Waals surface area contributed by atoms with Gasteiger partial charge in [0.2, 0.25) is 11.8 Å². The molecule has 1 atom stereocenters. The van der Waals surface area contributed by atoms with Crippen LogP contribution in [0.1, 0.15) is 43.1 Å². The number of hydrogen-bond acceptors (Lipinski definition) is 5. The zero-order valence-electron chi connectivity index (χ0n) is 15.7. The zero-order valence-corrected chi connectivity index (χ0v) is 15.7. The Bertz CT molecular complexity index is 815. The highest BCUT2D eigenvalue weighted by atomic mass is 16.2. The van der Waals surface area contributed by atoms with Crippen molar-refractivity contribution in [3.63, 3.8) is 0 Å².